The first-order valence-electron chi connectivity index (χ1n) is 5.96. The minimum atomic E-state index is 0.577. The van der Waals surface area contributed by atoms with Gasteiger partial charge in [0, 0.05) is 23.8 Å². The summed E-state index contributed by atoms with van der Waals surface area (Å²) < 4.78 is 0. The van der Waals surface area contributed by atoms with Crippen molar-refractivity contribution in [2.24, 2.45) is 0 Å². The Hall–Kier alpha value is -0.480. The first-order valence-corrected chi connectivity index (χ1v) is 7.12. The van der Waals surface area contributed by atoms with Gasteiger partial charge in [0.1, 0.15) is 0 Å². The molecule has 1 unspecified atom stereocenters. The van der Waals surface area contributed by atoms with Crippen LogP contribution in [0, 0.1) is 13.8 Å². The van der Waals surface area contributed by atoms with E-state index in [0.717, 1.165) is 12.2 Å². The monoisotopic (exact) mass is 241 g/mol. The molecule has 2 N–H and O–H groups in total. The van der Waals surface area contributed by atoms with Crippen molar-refractivity contribution in [3.8, 4) is 0 Å². The Bertz CT molecular complexity index is 290. The van der Waals surface area contributed by atoms with E-state index < -0.39 is 0 Å². The van der Waals surface area contributed by atoms with Crippen molar-refractivity contribution in [3.05, 3.63) is 17.0 Å². The molecule has 0 aliphatic carbocycles. The van der Waals surface area contributed by atoms with Crippen LogP contribution in [0.4, 0.5) is 0 Å². The molecule has 92 valence electrons. The third kappa shape index (κ3) is 4.18. The van der Waals surface area contributed by atoms with Gasteiger partial charge in [-0.05, 0) is 38.7 Å². The lowest BCUT2D eigenvalue weighted by Crippen LogP contribution is -2.26. The van der Waals surface area contributed by atoms with Gasteiger partial charge >= 0.3 is 0 Å². The molecular formula is C12H23N3S. The topological polar surface area (TPSA) is 40.7 Å². The molecule has 0 saturated heterocycles. The Labute approximate surface area is 103 Å². The maximum atomic E-state index is 4.20. The highest BCUT2D eigenvalue weighted by Crippen LogP contribution is 2.10. The van der Waals surface area contributed by atoms with Gasteiger partial charge in [-0.3, -0.25) is 5.10 Å². The van der Waals surface area contributed by atoms with Crippen molar-refractivity contribution in [3.63, 3.8) is 0 Å². The van der Waals surface area contributed by atoms with E-state index in [-0.39, 0.29) is 0 Å². The Balaban J connectivity index is 2.28. The van der Waals surface area contributed by atoms with Crippen molar-refractivity contribution >= 4 is 11.8 Å². The molecule has 0 fully saturated rings. The van der Waals surface area contributed by atoms with Gasteiger partial charge in [-0.25, -0.2) is 0 Å². The van der Waals surface area contributed by atoms with Crippen molar-refractivity contribution in [1.29, 1.82) is 0 Å². The molecule has 1 atom stereocenters. The normalized spacial score (nSPS) is 13.0. The summed E-state index contributed by atoms with van der Waals surface area (Å²) in [6.45, 7) is 9.51. The van der Waals surface area contributed by atoms with Gasteiger partial charge in [0.2, 0.25) is 0 Å². The minimum Gasteiger partial charge on any atom is -0.310 e. The number of nitrogens with zero attached hydrogens (tertiary/aromatic N) is 1. The zero-order chi connectivity index (χ0) is 12.0. The Morgan fingerprint density at radius 3 is 2.75 bits per heavy atom. The summed E-state index contributed by atoms with van der Waals surface area (Å²) in [5.41, 5.74) is 3.61. The summed E-state index contributed by atoms with van der Waals surface area (Å²) in [7, 11) is 0. The van der Waals surface area contributed by atoms with Crippen LogP contribution >= 0.6 is 11.8 Å². The molecule has 3 nitrogen and oxygen atoms in total. The summed E-state index contributed by atoms with van der Waals surface area (Å²) >= 11 is 2.01. The van der Waals surface area contributed by atoms with Crippen molar-refractivity contribution in [1.82, 2.24) is 15.5 Å². The van der Waals surface area contributed by atoms with Crippen LogP contribution < -0.4 is 5.32 Å². The third-order valence-electron chi connectivity index (χ3n) is 2.81. The third-order valence-corrected chi connectivity index (χ3v) is 3.74. The quantitative estimate of drug-likeness (QED) is 0.721. The predicted molar refractivity (Wildman–Crippen MR) is 72.0 cm³/mol. The first-order chi connectivity index (χ1) is 7.65. The molecule has 0 radical (unpaired) electrons. The lowest BCUT2D eigenvalue weighted by Gasteiger charge is -2.13. The second-order valence-electron chi connectivity index (χ2n) is 4.18. The van der Waals surface area contributed by atoms with Crippen molar-refractivity contribution in [2.75, 3.05) is 11.5 Å². The van der Waals surface area contributed by atoms with Gasteiger partial charge < -0.3 is 5.32 Å². The molecule has 1 heterocycles. The van der Waals surface area contributed by atoms with E-state index in [9.17, 15) is 0 Å². The van der Waals surface area contributed by atoms with E-state index in [0.29, 0.717) is 6.04 Å². The molecule has 0 spiro atoms. The van der Waals surface area contributed by atoms with E-state index in [4.69, 9.17) is 0 Å². The molecule has 1 aromatic rings. The van der Waals surface area contributed by atoms with Crippen molar-refractivity contribution in [2.45, 2.75) is 46.7 Å². The van der Waals surface area contributed by atoms with Gasteiger partial charge in [-0.1, -0.05) is 6.92 Å². The Kier molecular flexibility index (Phi) is 5.91. The van der Waals surface area contributed by atoms with Gasteiger partial charge in [0.25, 0.3) is 0 Å². The average Bonchev–Trinajstić information content (AvgIpc) is 2.57. The van der Waals surface area contributed by atoms with Crippen LogP contribution in [-0.4, -0.2) is 27.7 Å². The lowest BCUT2D eigenvalue weighted by molar-refractivity contribution is 0.535. The molecule has 0 bridgehead atoms. The smallest absolute Gasteiger partial charge is 0.0638 e. The highest BCUT2D eigenvalue weighted by atomic mass is 32.2. The fourth-order valence-electron chi connectivity index (χ4n) is 1.62. The molecule has 16 heavy (non-hydrogen) atoms. The second kappa shape index (κ2) is 6.97. The number of thioether (sulfide) groups is 1. The van der Waals surface area contributed by atoms with Crippen LogP contribution in [0.25, 0.3) is 0 Å². The predicted octanol–water partition coefficient (Wildman–Crippen LogP) is 2.65. The van der Waals surface area contributed by atoms with Gasteiger partial charge in [-0.2, -0.15) is 16.9 Å². The van der Waals surface area contributed by atoms with Crippen LogP contribution in [0.3, 0.4) is 0 Å². The van der Waals surface area contributed by atoms with Crippen LogP contribution in [0.5, 0.6) is 0 Å². The molecule has 1 rings (SSSR count). The van der Waals surface area contributed by atoms with Crippen LogP contribution in [0.15, 0.2) is 0 Å². The standard InChI is InChI=1S/C12H23N3S/c1-5-16-7-6-9(2)13-8-12-10(3)14-15-11(12)4/h9,13H,5-8H2,1-4H3,(H,14,15). The second-order valence-corrected chi connectivity index (χ2v) is 5.57. The minimum absolute atomic E-state index is 0.577. The van der Waals surface area contributed by atoms with Crippen LogP contribution in [-0.2, 0) is 6.54 Å². The zero-order valence-electron chi connectivity index (χ0n) is 10.8. The zero-order valence-corrected chi connectivity index (χ0v) is 11.6. The molecular weight excluding hydrogens is 218 g/mol. The summed E-state index contributed by atoms with van der Waals surface area (Å²) in [5, 5.41) is 10.8. The molecule has 0 amide bonds. The van der Waals surface area contributed by atoms with E-state index in [1.807, 2.05) is 11.8 Å². The summed E-state index contributed by atoms with van der Waals surface area (Å²) in [4.78, 5) is 0. The fraction of sp³-hybridized carbons (Fsp3) is 0.750. The van der Waals surface area contributed by atoms with Gasteiger partial charge in [-0.15, -0.1) is 0 Å². The molecule has 0 aliphatic rings. The summed E-state index contributed by atoms with van der Waals surface area (Å²) in [5.74, 6) is 2.46. The van der Waals surface area contributed by atoms with Crippen LogP contribution in [0.1, 0.15) is 37.2 Å². The Morgan fingerprint density at radius 1 is 1.44 bits per heavy atom. The molecule has 1 aromatic heterocycles. The highest BCUT2D eigenvalue weighted by Gasteiger charge is 2.07. The number of nitrogens with one attached hydrogen (secondary N) is 2. The summed E-state index contributed by atoms with van der Waals surface area (Å²) in [6, 6.07) is 0.577. The average molecular weight is 241 g/mol. The maximum absolute atomic E-state index is 4.20. The van der Waals surface area contributed by atoms with Crippen molar-refractivity contribution < 1.29 is 0 Å². The number of hydrogen-bond acceptors (Lipinski definition) is 3. The lowest BCUT2D eigenvalue weighted by atomic mass is 10.2. The number of hydrogen-bond donors (Lipinski definition) is 2. The Morgan fingerprint density at radius 2 is 2.19 bits per heavy atom. The van der Waals surface area contributed by atoms with E-state index in [2.05, 4.69) is 43.2 Å². The number of aromatic amines is 1. The van der Waals surface area contributed by atoms with Gasteiger partial charge in [0.05, 0.1) is 5.69 Å². The highest BCUT2D eigenvalue weighted by molar-refractivity contribution is 7.99. The van der Waals surface area contributed by atoms with E-state index >= 15 is 0 Å². The SMILES string of the molecule is CCSCCC(C)NCc1c(C)n[nH]c1C. The van der Waals surface area contributed by atoms with E-state index in [1.165, 1.54) is 29.2 Å². The number of rotatable bonds is 7. The van der Waals surface area contributed by atoms with Crippen LogP contribution in [0.2, 0.25) is 0 Å². The molecule has 4 heteroatoms. The summed E-state index contributed by atoms with van der Waals surface area (Å²) in [6.07, 6.45) is 1.23. The number of aryl methyl sites for hydroxylation is 2. The molecule has 0 aliphatic heterocycles. The molecule has 0 saturated carbocycles. The molecule has 0 aromatic carbocycles. The number of H-pyrrole nitrogens is 1. The largest absolute Gasteiger partial charge is 0.310 e. The number of aromatic nitrogens is 2. The first kappa shape index (κ1) is 13.6. The van der Waals surface area contributed by atoms with Gasteiger partial charge in [0.15, 0.2) is 0 Å². The fourth-order valence-corrected chi connectivity index (χ4v) is 2.43. The maximum Gasteiger partial charge on any atom is 0.0638 e. The van der Waals surface area contributed by atoms with E-state index in [1.54, 1.807) is 0 Å².